The lowest BCUT2D eigenvalue weighted by Crippen LogP contribution is -2.12. The number of hydrogen-bond acceptors (Lipinski definition) is 4. The average molecular weight is 311 g/mol. The lowest BCUT2D eigenvalue weighted by atomic mass is 10.2. The summed E-state index contributed by atoms with van der Waals surface area (Å²) in [6.45, 7) is -0.251. The number of nitrogens with one attached hydrogen (secondary N) is 1. The number of aliphatic hydroxyl groups is 1. The van der Waals surface area contributed by atoms with Gasteiger partial charge in [0.05, 0.1) is 21.7 Å². The van der Waals surface area contributed by atoms with Crippen molar-refractivity contribution in [3.63, 3.8) is 0 Å². The highest BCUT2D eigenvalue weighted by atomic mass is 35.5. The van der Waals surface area contributed by atoms with Crippen molar-refractivity contribution in [1.82, 2.24) is 4.98 Å². The van der Waals surface area contributed by atoms with Crippen LogP contribution >= 0.6 is 22.9 Å². The molecule has 7 heteroatoms. The molecule has 2 N–H and O–H groups in total. The first kappa shape index (κ1) is 14.5. The summed E-state index contributed by atoms with van der Waals surface area (Å²) in [6.07, 6.45) is 1.47. The summed E-state index contributed by atoms with van der Waals surface area (Å²) in [4.78, 5) is 16.5. The Morgan fingerprint density at radius 2 is 2.35 bits per heavy atom. The van der Waals surface area contributed by atoms with Crippen LogP contribution in [-0.4, -0.2) is 22.6 Å². The van der Waals surface area contributed by atoms with Gasteiger partial charge in [0, 0.05) is 0 Å². The quantitative estimate of drug-likeness (QED) is 0.838. The highest BCUT2D eigenvalue weighted by molar-refractivity contribution is 7.16. The molecule has 0 unspecified atom stereocenters. The fourth-order valence-electron chi connectivity index (χ4n) is 1.36. The molecule has 0 atom stereocenters. The molecule has 0 aliphatic rings. The third-order valence-corrected chi connectivity index (χ3v) is 3.43. The van der Waals surface area contributed by atoms with Crippen LogP contribution in [0.25, 0.3) is 0 Å². The highest BCUT2D eigenvalue weighted by Crippen LogP contribution is 2.22. The van der Waals surface area contributed by atoms with Gasteiger partial charge in [-0.1, -0.05) is 40.8 Å². The van der Waals surface area contributed by atoms with Crippen LogP contribution in [0.3, 0.4) is 0 Å². The van der Waals surface area contributed by atoms with Gasteiger partial charge in [-0.3, -0.25) is 10.1 Å². The van der Waals surface area contributed by atoms with Crippen molar-refractivity contribution in [1.29, 1.82) is 0 Å². The molecule has 0 saturated heterocycles. The summed E-state index contributed by atoms with van der Waals surface area (Å²) in [6, 6.07) is 3.99. The van der Waals surface area contributed by atoms with Crippen LogP contribution < -0.4 is 5.32 Å². The minimum absolute atomic E-state index is 0.0323. The van der Waals surface area contributed by atoms with Crippen molar-refractivity contribution in [2.75, 3.05) is 11.9 Å². The molecule has 4 nitrogen and oxygen atoms in total. The highest BCUT2D eigenvalue weighted by Gasteiger charge is 2.14. The number of benzene rings is 1. The van der Waals surface area contributed by atoms with Gasteiger partial charge < -0.3 is 5.11 Å². The van der Waals surface area contributed by atoms with E-state index in [4.69, 9.17) is 16.7 Å². The van der Waals surface area contributed by atoms with E-state index in [0.29, 0.717) is 10.0 Å². The number of amides is 1. The standard InChI is InChI=1S/C13H8ClFN2O2S/c14-11-9(4-1-5-10(11)15)12(19)17-13-16-7-8(20-13)3-2-6-18/h1,4-5,7,18H,6H2,(H,16,17,19). The third kappa shape index (κ3) is 3.33. The van der Waals surface area contributed by atoms with Crippen LogP contribution in [0.2, 0.25) is 5.02 Å². The molecular formula is C13H8ClFN2O2S. The Labute approximate surface area is 123 Å². The van der Waals surface area contributed by atoms with Crippen molar-refractivity contribution in [2.24, 2.45) is 0 Å². The van der Waals surface area contributed by atoms with Gasteiger partial charge in [-0.25, -0.2) is 9.37 Å². The van der Waals surface area contributed by atoms with E-state index in [2.05, 4.69) is 22.1 Å². The fourth-order valence-corrected chi connectivity index (χ4v) is 2.26. The van der Waals surface area contributed by atoms with Gasteiger partial charge in [0.15, 0.2) is 5.13 Å². The SMILES string of the molecule is O=C(Nc1ncc(C#CCO)s1)c1cccc(F)c1Cl. The molecule has 1 aromatic heterocycles. The summed E-state index contributed by atoms with van der Waals surface area (Å²) in [5, 5.41) is 11.2. The molecule has 1 aromatic carbocycles. The molecule has 0 aliphatic carbocycles. The van der Waals surface area contributed by atoms with Crippen LogP contribution in [0.4, 0.5) is 9.52 Å². The Kier molecular flexibility index (Phi) is 4.69. The minimum atomic E-state index is -0.659. The summed E-state index contributed by atoms with van der Waals surface area (Å²) >= 11 is 6.87. The first-order chi connectivity index (χ1) is 9.61. The summed E-state index contributed by atoms with van der Waals surface area (Å²) in [7, 11) is 0. The molecule has 0 bridgehead atoms. The zero-order valence-electron chi connectivity index (χ0n) is 9.98. The van der Waals surface area contributed by atoms with Crippen LogP contribution in [0.15, 0.2) is 24.4 Å². The van der Waals surface area contributed by atoms with Gasteiger partial charge in [0.1, 0.15) is 12.4 Å². The Balaban J connectivity index is 2.15. The number of aromatic nitrogens is 1. The molecule has 2 aromatic rings. The topological polar surface area (TPSA) is 62.2 Å². The molecular weight excluding hydrogens is 303 g/mol. The number of rotatable bonds is 2. The zero-order valence-corrected chi connectivity index (χ0v) is 11.6. The first-order valence-corrected chi connectivity index (χ1v) is 6.62. The predicted molar refractivity (Wildman–Crippen MR) is 75.4 cm³/mol. The van der Waals surface area contributed by atoms with Crippen molar-refractivity contribution in [3.8, 4) is 11.8 Å². The lowest BCUT2D eigenvalue weighted by Gasteiger charge is -2.04. The van der Waals surface area contributed by atoms with E-state index in [1.165, 1.54) is 24.4 Å². The van der Waals surface area contributed by atoms with E-state index in [1.54, 1.807) is 0 Å². The van der Waals surface area contributed by atoms with E-state index in [9.17, 15) is 9.18 Å². The average Bonchev–Trinajstić information content (AvgIpc) is 2.87. The van der Waals surface area contributed by atoms with Crippen molar-refractivity contribution in [3.05, 3.63) is 45.7 Å². The number of anilines is 1. The van der Waals surface area contributed by atoms with E-state index in [-0.39, 0.29) is 17.2 Å². The molecule has 0 fully saturated rings. The summed E-state index contributed by atoms with van der Waals surface area (Å²) in [5.41, 5.74) is 0.0323. The number of carbonyl (C=O) groups excluding carboxylic acids is 1. The molecule has 102 valence electrons. The monoisotopic (exact) mass is 310 g/mol. The lowest BCUT2D eigenvalue weighted by molar-refractivity contribution is 0.102. The molecule has 20 heavy (non-hydrogen) atoms. The molecule has 0 spiro atoms. The molecule has 1 amide bonds. The van der Waals surface area contributed by atoms with Gasteiger partial charge in [-0.05, 0) is 12.1 Å². The summed E-state index contributed by atoms with van der Waals surface area (Å²) in [5.74, 6) is 3.93. The maximum absolute atomic E-state index is 13.3. The number of carbonyl (C=O) groups is 1. The first-order valence-electron chi connectivity index (χ1n) is 5.42. The second-order valence-corrected chi connectivity index (χ2v) is 4.95. The fraction of sp³-hybridized carbons (Fsp3) is 0.0769. The van der Waals surface area contributed by atoms with Gasteiger partial charge >= 0.3 is 0 Å². The van der Waals surface area contributed by atoms with E-state index >= 15 is 0 Å². The minimum Gasteiger partial charge on any atom is -0.384 e. The van der Waals surface area contributed by atoms with Gasteiger partial charge in [-0.2, -0.15) is 0 Å². The number of halogens is 2. The smallest absolute Gasteiger partial charge is 0.259 e. The second kappa shape index (κ2) is 6.48. The Bertz CT molecular complexity index is 706. The van der Waals surface area contributed by atoms with E-state index in [0.717, 1.165) is 11.3 Å². The van der Waals surface area contributed by atoms with Crippen molar-refractivity contribution >= 4 is 34.0 Å². The molecule has 0 saturated carbocycles. The maximum Gasteiger partial charge on any atom is 0.259 e. The molecule has 0 aliphatic heterocycles. The predicted octanol–water partition coefficient (Wildman–Crippen LogP) is 2.53. The van der Waals surface area contributed by atoms with Gasteiger partial charge in [0.25, 0.3) is 5.91 Å². The van der Waals surface area contributed by atoms with Crippen LogP contribution in [0.1, 0.15) is 15.2 Å². The molecule has 0 radical (unpaired) electrons. The van der Waals surface area contributed by atoms with Crippen molar-refractivity contribution < 1.29 is 14.3 Å². The molecule has 1 heterocycles. The largest absolute Gasteiger partial charge is 0.384 e. The maximum atomic E-state index is 13.3. The summed E-state index contributed by atoms with van der Waals surface area (Å²) < 4.78 is 13.3. The van der Waals surface area contributed by atoms with Crippen molar-refractivity contribution in [2.45, 2.75) is 0 Å². The number of hydrogen-bond donors (Lipinski definition) is 2. The number of nitrogens with zero attached hydrogens (tertiary/aromatic N) is 1. The van der Waals surface area contributed by atoms with E-state index < -0.39 is 11.7 Å². The van der Waals surface area contributed by atoms with Gasteiger partial charge in [0.2, 0.25) is 0 Å². The van der Waals surface area contributed by atoms with Crippen LogP contribution in [0.5, 0.6) is 0 Å². The molecule has 2 rings (SSSR count). The van der Waals surface area contributed by atoms with Crippen LogP contribution in [0, 0.1) is 17.7 Å². The second-order valence-electron chi connectivity index (χ2n) is 3.55. The van der Waals surface area contributed by atoms with E-state index in [1.807, 2.05) is 0 Å². The van der Waals surface area contributed by atoms with Gasteiger partial charge in [-0.15, -0.1) is 0 Å². The Morgan fingerprint density at radius 3 is 3.10 bits per heavy atom. The number of aliphatic hydroxyl groups excluding tert-OH is 1. The normalized spacial score (nSPS) is 9.75. The Morgan fingerprint density at radius 1 is 1.55 bits per heavy atom. The Hall–Kier alpha value is -1.94. The zero-order chi connectivity index (χ0) is 14.5. The van der Waals surface area contributed by atoms with Crippen LogP contribution in [-0.2, 0) is 0 Å². The number of thiazole rings is 1. The third-order valence-electron chi connectivity index (χ3n) is 2.21.